The number of rotatable bonds is 0. The number of ether oxygens (including phenoxy) is 1. The fraction of sp³-hybridized carbons (Fsp3) is 0.400. The molecule has 90 valence electrons. The van der Waals surface area contributed by atoms with Gasteiger partial charge in [0.05, 0.1) is 0 Å². The molecule has 0 aromatic carbocycles. The number of carbonyl (C=O) groups is 1. The first-order chi connectivity index (χ1) is 8.08. The fourth-order valence-corrected chi connectivity index (χ4v) is 2.28. The molecular weight excluding hydrogens is 212 g/mol. The molecule has 2 nitrogen and oxygen atoms in total. The summed E-state index contributed by atoms with van der Waals surface area (Å²) >= 11 is 0. The van der Waals surface area contributed by atoms with Crippen LogP contribution in [0.15, 0.2) is 48.1 Å². The smallest absolute Gasteiger partial charge is 0.334 e. The molecule has 0 aromatic heterocycles. The Morgan fingerprint density at radius 3 is 2.94 bits per heavy atom. The average Bonchev–Trinajstić information content (AvgIpc) is 2.52. The van der Waals surface area contributed by atoms with E-state index in [1.54, 1.807) is 0 Å². The summed E-state index contributed by atoms with van der Waals surface area (Å²) in [6.45, 7) is 9.90. The molecule has 0 saturated carbocycles. The Labute approximate surface area is 102 Å². The largest absolute Gasteiger partial charge is 0.458 e. The molecule has 1 fully saturated rings. The highest BCUT2D eigenvalue weighted by Gasteiger charge is 2.36. The summed E-state index contributed by atoms with van der Waals surface area (Å²) in [6.07, 6.45) is 8.89. The lowest BCUT2D eigenvalue weighted by atomic mass is 9.90. The third-order valence-electron chi connectivity index (χ3n) is 3.34. The van der Waals surface area contributed by atoms with Crippen LogP contribution in [0.1, 0.15) is 26.2 Å². The molecule has 1 heterocycles. The van der Waals surface area contributed by atoms with E-state index in [9.17, 15) is 4.79 Å². The number of hydrogen-bond acceptors (Lipinski definition) is 2. The summed E-state index contributed by atoms with van der Waals surface area (Å²) in [5, 5.41) is 0. The summed E-state index contributed by atoms with van der Waals surface area (Å²) < 4.78 is 5.35. The molecule has 0 spiro atoms. The molecule has 2 atom stereocenters. The SMILES string of the molecule is C=C1/C=C\[C@@H]2C(=C)C(=O)O[C@H]2C/C(C)=C/CC1. The van der Waals surface area contributed by atoms with Gasteiger partial charge < -0.3 is 4.74 Å². The second kappa shape index (κ2) is 4.74. The monoisotopic (exact) mass is 230 g/mol. The van der Waals surface area contributed by atoms with Crippen LogP contribution < -0.4 is 0 Å². The molecule has 17 heavy (non-hydrogen) atoms. The van der Waals surface area contributed by atoms with Crippen LogP contribution in [0.5, 0.6) is 0 Å². The first-order valence-electron chi connectivity index (χ1n) is 5.99. The van der Waals surface area contributed by atoms with E-state index in [4.69, 9.17) is 4.74 Å². The maximum absolute atomic E-state index is 11.5. The molecule has 0 N–H and O–H groups in total. The van der Waals surface area contributed by atoms with Crippen molar-refractivity contribution in [2.45, 2.75) is 32.3 Å². The summed E-state index contributed by atoms with van der Waals surface area (Å²) in [7, 11) is 0. The molecular formula is C15H18O2. The van der Waals surface area contributed by atoms with Crippen LogP contribution in [-0.2, 0) is 9.53 Å². The second-order valence-electron chi connectivity index (χ2n) is 4.81. The van der Waals surface area contributed by atoms with Gasteiger partial charge in [-0.1, -0.05) is 42.5 Å². The molecule has 2 rings (SSSR count). The Morgan fingerprint density at radius 1 is 1.41 bits per heavy atom. The average molecular weight is 230 g/mol. The predicted molar refractivity (Wildman–Crippen MR) is 68.4 cm³/mol. The van der Waals surface area contributed by atoms with E-state index in [-0.39, 0.29) is 18.0 Å². The molecule has 2 aliphatic rings. The van der Waals surface area contributed by atoms with Gasteiger partial charge in [-0.05, 0) is 19.8 Å². The molecule has 2 heteroatoms. The molecule has 0 aromatic rings. The highest BCUT2D eigenvalue weighted by atomic mass is 16.6. The highest BCUT2D eigenvalue weighted by molar-refractivity contribution is 5.91. The summed E-state index contributed by atoms with van der Waals surface area (Å²) in [5.74, 6) is -0.261. The van der Waals surface area contributed by atoms with Gasteiger partial charge in [-0.3, -0.25) is 0 Å². The fourth-order valence-electron chi connectivity index (χ4n) is 2.28. The van der Waals surface area contributed by atoms with Crippen molar-refractivity contribution < 1.29 is 9.53 Å². The van der Waals surface area contributed by atoms with E-state index < -0.39 is 0 Å². The number of esters is 1. The third-order valence-corrected chi connectivity index (χ3v) is 3.34. The van der Waals surface area contributed by atoms with E-state index in [2.05, 4.69) is 26.2 Å². The number of carbonyl (C=O) groups excluding carboxylic acids is 1. The predicted octanol–water partition coefficient (Wildman–Crippen LogP) is 3.33. The lowest BCUT2D eigenvalue weighted by molar-refractivity contribution is -0.138. The van der Waals surface area contributed by atoms with Crippen molar-refractivity contribution in [3.8, 4) is 0 Å². The molecule has 1 aliphatic heterocycles. The normalized spacial score (nSPS) is 34.6. The Balaban J connectivity index is 2.27. The molecule has 0 unspecified atom stereocenters. The third kappa shape index (κ3) is 2.57. The van der Waals surface area contributed by atoms with Crippen LogP contribution in [0.3, 0.4) is 0 Å². The van der Waals surface area contributed by atoms with Crippen molar-refractivity contribution in [1.29, 1.82) is 0 Å². The van der Waals surface area contributed by atoms with E-state index >= 15 is 0 Å². The van der Waals surface area contributed by atoms with Crippen LogP contribution in [0.2, 0.25) is 0 Å². The lowest BCUT2D eigenvalue weighted by Crippen LogP contribution is -2.15. The Hall–Kier alpha value is -1.57. The maximum Gasteiger partial charge on any atom is 0.334 e. The van der Waals surface area contributed by atoms with Gasteiger partial charge in [0, 0.05) is 17.9 Å². The van der Waals surface area contributed by atoms with Crippen LogP contribution in [0.4, 0.5) is 0 Å². The first-order valence-corrected chi connectivity index (χ1v) is 5.99. The molecule has 1 aliphatic carbocycles. The van der Waals surface area contributed by atoms with Crippen molar-refractivity contribution in [2.75, 3.05) is 0 Å². The molecule has 0 bridgehead atoms. The standard InChI is InChI=1S/C15H18O2/c1-10-5-4-6-11(2)9-14-13(8-7-10)12(3)15(16)17-14/h6-8,13-14H,1,3-5,9H2,2H3/b8-7-,11-6+/t13-,14+/m1/s1. The van der Waals surface area contributed by atoms with Gasteiger partial charge in [-0.2, -0.15) is 0 Å². The second-order valence-corrected chi connectivity index (χ2v) is 4.81. The van der Waals surface area contributed by atoms with Crippen molar-refractivity contribution in [3.63, 3.8) is 0 Å². The van der Waals surface area contributed by atoms with E-state index in [1.165, 1.54) is 5.57 Å². The number of allylic oxidation sites excluding steroid dienone is 3. The molecule has 1 saturated heterocycles. The molecule has 0 amide bonds. The van der Waals surface area contributed by atoms with E-state index in [1.807, 2.05) is 12.2 Å². The quantitative estimate of drug-likeness (QED) is 0.362. The van der Waals surface area contributed by atoms with Gasteiger partial charge in [-0.25, -0.2) is 4.79 Å². The van der Waals surface area contributed by atoms with E-state index in [0.717, 1.165) is 24.8 Å². The Morgan fingerprint density at radius 2 is 2.18 bits per heavy atom. The summed E-state index contributed by atoms with van der Waals surface area (Å²) in [4.78, 5) is 11.5. The minimum absolute atomic E-state index is 0.000648. The zero-order valence-corrected chi connectivity index (χ0v) is 10.2. The number of hydrogen-bond donors (Lipinski definition) is 0. The van der Waals surface area contributed by atoms with E-state index in [0.29, 0.717) is 5.57 Å². The molecule has 0 radical (unpaired) electrons. The zero-order valence-electron chi connectivity index (χ0n) is 10.2. The zero-order chi connectivity index (χ0) is 12.4. The van der Waals surface area contributed by atoms with Gasteiger partial charge in [0.15, 0.2) is 0 Å². The maximum atomic E-state index is 11.5. The lowest BCUT2D eigenvalue weighted by Gasteiger charge is -2.16. The highest BCUT2D eigenvalue weighted by Crippen LogP contribution is 2.32. The summed E-state index contributed by atoms with van der Waals surface area (Å²) in [5.41, 5.74) is 2.92. The minimum Gasteiger partial charge on any atom is -0.458 e. The number of fused-ring (bicyclic) bond motifs is 1. The summed E-state index contributed by atoms with van der Waals surface area (Å²) in [6, 6.07) is 0. The van der Waals surface area contributed by atoms with Gasteiger partial charge in [0.25, 0.3) is 0 Å². The van der Waals surface area contributed by atoms with Gasteiger partial charge in [-0.15, -0.1) is 0 Å². The van der Waals surface area contributed by atoms with Crippen molar-refractivity contribution in [2.24, 2.45) is 5.92 Å². The van der Waals surface area contributed by atoms with Gasteiger partial charge >= 0.3 is 5.97 Å². The van der Waals surface area contributed by atoms with Crippen LogP contribution >= 0.6 is 0 Å². The van der Waals surface area contributed by atoms with Crippen LogP contribution in [0.25, 0.3) is 0 Å². The van der Waals surface area contributed by atoms with Crippen LogP contribution in [-0.4, -0.2) is 12.1 Å². The van der Waals surface area contributed by atoms with Crippen molar-refractivity contribution >= 4 is 5.97 Å². The topological polar surface area (TPSA) is 26.3 Å². The van der Waals surface area contributed by atoms with Crippen molar-refractivity contribution in [1.82, 2.24) is 0 Å². The minimum atomic E-state index is -0.262. The first kappa shape index (κ1) is 11.9. The van der Waals surface area contributed by atoms with Crippen molar-refractivity contribution in [3.05, 3.63) is 48.1 Å². The Kier molecular flexibility index (Phi) is 3.32. The van der Waals surface area contributed by atoms with Gasteiger partial charge in [0.1, 0.15) is 6.10 Å². The Bertz CT molecular complexity index is 426. The van der Waals surface area contributed by atoms with Gasteiger partial charge in [0.2, 0.25) is 0 Å². The van der Waals surface area contributed by atoms with Crippen LogP contribution in [0, 0.1) is 5.92 Å².